The fraction of sp³-hybridized carbons (Fsp3) is 0.409. The number of nitrogens with one attached hydrogen (secondary N) is 1. The molecule has 2 aliphatic rings. The lowest BCUT2D eigenvalue weighted by Gasteiger charge is -2.31. The summed E-state index contributed by atoms with van der Waals surface area (Å²) in [5.74, 6) is 1.63. The van der Waals surface area contributed by atoms with Gasteiger partial charge in [0.2, 0.25) is 5.91 Å². The average molecular weight is 386 g/mol. The molecule has 0 aromatic heterocycles. The number of amides is 1. The molecule has 1 N–H and O–H groups in total. The van der Waals surface area contributed by atoms with E-state index in [-0.39, 0.29) is 11.3 Å². The minimum Gasteiger partial charge on any atom is -0.486 e. The molecule has 2 aromatic carbocycles. The van der Waals surface area contributed by atoms with E-state index >= 15 is 0 Å². The number of halogens is 1. The van der Waals surface area contributed by atoms with Crippen molar-refractivity contribution >= 4 is 17.5 Å². The highest BCUT2D eigenvalue weighted by molar-refractivity contribution is 6.31. The molecule has 0 spiro atoms. The van der Waals surface area contributed by atoms with Gasteiger partial charge in [0.05, 0.1) is 6.42 Å². The molecular weight excluding hydrogens is 362 g/mol. The maximum atomic E-state index is 12.5. The van der Waals surface area contributed by atoms with E-state index in [2.05, 4.69) is 17.4 Å². The molecule has 5 heteroatoms. The van der Waals surface area contributed by atoms with Crippen LogP contribution in [0.5, 0.6) is 11.5 Å². The molecule has 1 saturated carbocycles. The Kier molecular flexibility index (Phi) is 5.26. The first kappa shape index (κ1) is 18.2. The molecule has 27 heavy (non-hydrogen) atoms. The molecule has 1 heterocycles. The van der Waals surface area contributed by atoms with Gasteiger partial charge in [0.15, 0.2) is 11.5 Å². The summed E-state index contributed by atoms with van der Waals surface area (Å²) in [6.07, 6.45) is 4.79. The molecule has 1 aliphatic carbocycles. The zero-order valence-electron chi connectivity index (χ0n) is 15.3. The lowest BCUT2D eigenvalue weighted by atomic mass is 9.78. The average Bonchev–Trinajstić information content (AvgIpc) is 3.18. The summed E-state index contributed by atoms with van der Waals surface area (Å²) in [5.41, 5.74) is 2.05. The number of hydrogen-bond acceptors (Lipinski definition) is 3. The van der Waals surface area contributed by atoms with E-state index in [0.717, 1.165) is 29.9 Å². The quantitative estimate of drug-likeness (QED) is 0.835. The van der Waals surface area contributed by atoms with Crippen LogP contribution in [0.1, 0.15) is 36.8 Å². The van der Waals surface area contributed by atoms with E-state index in [1.807, 2.05) is 30.3 Å². The Balaban J connectivity index is 1.48. The number of ether oxygens (including phenoxy) is 2. The topological polar surface area (TPSA) is 47.6 Å². The maximum Gasteiger partial charge on any atom is 0.224 e. The van der Waals surface area contributed by atoms with Crippen molar-refractivity contribution < 1.29 is 14.3 Å². The number of hydrogen-bond donors (Lipinski definition) is 1. The molecule has 2 aromatic rings. The van der Waals surface area contributed by atoms with Gasteiger partial charge in [-0.15, -0.1) is 0 Å². The maximum absolute atomic E-state index is 12.5. The van der Waals surface area contributed by atoms with Crippen molar-refractivity contribution in [3.8, 4) is 11.5 Å². The summed E-state index contributed by atoms with van der Waals surface area (Å²) in [4.78, 5) is 12.5. The summed E-state index contributed by atoms with van der Waals surface area (Å²) in [6, 6.07) is 13.7. The molecule has 0 bridgehead atoms. The van der Waals surface area contributed by atoms with Crippen LogP contribution in [0.2, 0.25) is 5.02 Å². The standard InChI is InChI=1S/C22H24ClNO3/c23-18-6-2-1-5-16(18)13-21(25)24-15-22(9-3-4-10-22)17-7-8-19-20(14-17)27-12-11-26-19/h1-2,5-8,14H,3-4,9-13,15H2,(H,24,25). The van der Waals surface area contributed by atoms with Crippen molar-refractivity contribution in [2.45, 2.75) is 37.5 Å². The molecule has 1 amide bonds. The second kappa shape index (κ2) is 7.81. The molecular formula is C22H24ClNO3. The highest BCUT2D eigenvalue weighted by Crippen LogP contribution is 2.43. The smallest absolute Gasteiger partial charge is 0.224 e. The third-order valence-corrected chi connectivity index (χ3v) is 6.02. The molecule has 0 radical (unpaired) electrons. The van der Waals surface area contributed by atoms with Gasteiger partial charge in [0.25, 0.3) is 0 Å². The van der Waals surface area contributed by atoms with Crippen LogP contribution in [-0.4, -0.2) is 25.7 Å². The van der Waals surface area contributed by atoms with Crippen molar-refractivity contribution in [3.05, 3.63) is 58.6 Å². The monoisotopic (exact) mass is 385 g/mol. The summed E-state index contributed by atoms with van der Waals surface area (Å²) >= 11 is 6.18. The van der Waals surface area contributed by atoms with Gasteiger partial charge >= 0.3 is 0 Å². The van der Waals surface area contributed by atoms with Gasteiger partial charge in [-0.05, 0) is 42.2 Å². The Morgan fingerprint density at radius 2 is 1.78 bits per heavy atom. The van der Waals surface area contributed by atoms with Crippen molar-refractivity contribution in [3.63, 3.8) is 0 Å². The Morgan fingerprint density at radius 3 is 2.56 bits per heavy atom. The Labute approximate surface area is 164 Å². The van der Waals surface area contributed by atoms with E-state index in [0.29, 0.717) is 31.2 Å². The zero-order chi connectivity index (χ0) is 18.7. The number of carbonyl (C=O) groups is 1. The summed E-state index contributed by atoms with van der Waals surface area (Å²) in [7, 11) is 0. The predicted molar refractivity (Wildman–Crippen MR) is 106 cm³/mol. The van der Waals surface area contributed by atoms with Crippen molar-refractivity contribution in [1.82, 2.24) is 5.32 Å². The van der Waals surface area contributed by atoms with Crippen LogP contribution in [0, 0.1) is 0 Å². The molecule has 0 unspecified atom stereocenters. The van der Waals surface area contributed by atoms with E-state index in [1.54, 1.807) is 0 Å². The van der Waals surface area contributed by atoms with E-state index in [1.165, 1.54) is 18.4 Å². The van der Waals surface area contributed by atoms with Gasteiger partial charge in [-0.3, -0.25) is 4.79 Å². The van der Waals surface area contributed by atoms with Crippen LogP contribution < -0.4 is 14.8 Å². The molecule has 142 valence electrons. The third kappa shape index (κ3) is 3.91. The zero-order valence-corrected chi connectivity index (χ0v) is 16.1. The molecule has 0 saturated heterocycles. The number of benzene rings is 2. The minimum absolute atomic E-state index is 0.00641. The molecule has 1 aliphatic heterocycles. The Bertz CT molecular complexity index is 830. The van der Waals surface area contributed by atoms with Crippen molar-refractivity contribution in [2.75, 3.05) is 19.8 Å². The van der Waals surface area contributed by atoms with Gasteiger partial charge in [-0.1, -0.05) is 48.7 Å². The van der Waals surface area contributed by atoms with Crippen LogP contribution in [0.4, 0.5) is 0 Å². The Hall–Kier alpha value is -2.20. The second-order valence-electron chi connectivity index (χ2n) is 7.39. The normalized spacial score (nSPS) is 17.5. The molecule has 4 nitrogen and oxygen atoms in total. The molecule has 4 rings (SSSR count). The van der Waals surface area contributed by atoms with Crippen molar-refractivity contribution in [2.24, 2.45) is 0 Å². The lowest BCUT2D eigenvalue weighted by molar-refractivity contribution is -0.120. The fourth-order valence-corrected chi connectivity index (χ4v) is 4.34. The summed E-state index contributed by atoms with van der Waals surface area (Å²) in [5, 5.41) is 3.78. The Morgan fingerprint density at radius 1 is 1.04 bits per heavy atom. The third-order valence-electron chi connectivity index (χ3n) is 5.65. The number of carbonyl (C=O) groups excluding carboxylic acids is 1. The lowest BCUT2D eigenvalue weighted by Crippen LogP contribution is -2.39. The SMILES string of the molecule is O=C(Cc1ccccc1Cl)NCC1(c2ccc3c(c2)OCCO3)CCCC1. The van der Waals surface area contributed by atoms with E-state index in [4.69, 9.17) is 21.1 Å². The predicted octanol–water partition coefficient (Wildman–Crippen LogP) is 4.28. The largest absolute Gasteiger partial charge is 0.486 e. The van der Waals surface area contributed by atoms with Gasteiger partial charge in [-0.2, -0.15) is 0 Å². The number of fused-ring (bicyclic) bond motifs is 1. The molecule has 0 atom stereocenters. The highest BCUT2D eigenvalue weighted by Gasteiger charge is 2.36. The van der Waals surface area contributed by atoms with Crippen LogP contribution in [-0.2, 0) is 16.6 Å². The first-order valence-corrected chi connectivity index (χ1v) is 9.94. The van der Waals surface area contributed by atoms with Crippen LogP contribution in [0.25, 0.3) is 0 Å². The highest BCUT2D eigenvalue weighted by atomic mass is 35.5. The first-order chi connectivity index (χ1) is 13.2. The summed E-state index contributed by atoms with van der Waals surface area (Å²) in [6.45, 7) is 1.81. The van der Waals surface area contributed by atoms with Gasteiger partial charge < -0.3 is 14.8 Å². The van der Waals surface area contributed by atoms with E-state index < -0.39 is 0 Å². The minimum atomic E-state index is -0.0357. The van der Waals surface area contributed by atoms with E-state index in [9.17, 15) is 4.79 Å². The fourth-order valence-electron chi connectivity index (χ4n) is 4.14. The molecule has 1 fully saturated rings. The van der Waals surface area contributed by atoms with Crippen molar-refractivity contribution in [1.29, 1.82) is 0 Å². The van der Waals surface area contributed by atoms with Gasteiger partial charge in [0.1, 0.15) is 13.2 Å². The van der Waals surface area contributed by atoms with Gasteiger partial charge in [0, 0.05) is 17.0 Å². The van der Waals surface area contributed by atoms with Crippen LogP contribution in [0.3, 0.4) is 0 Å². The van der Waals surface area contributed by atoms with Gasteiger partial charge in [-0.25, -0.2) is 0 Å². The van der Waals surface area contributed by atoms with Crippen LogP contribution in [0.15, 0.2) is 42.5 Å². The number of rotatable bonds is 5. The summed E-state index contributed by atoms with van der Waals surface area (Å²) < 4.78 is 11.4. The first-order valence-electron chi connectivity index (χ1n) is 9.57. The second-order valence-corrected chi connectivity index (χ2v) is 7.80. The van der Waals surface area contributed by atoms with Crippen LogP contribution >= 0.6 is 11.6 Å².